The molecular weight excluding hydrogens is 248 g/mol. The molecule has 0 bridgehead atoms. The fourth-order valence-corrected chi connectivity index (χ4v) is 2.11. The van der Waals surface area contributed by atoms with Crippen molar-refractivity contribution in [1.82, 2.24) is 10.3 Å². The summed E-state index contributed by atoms with van der Waals surface area (Å²) in [5.74, 6) is 0.848. The zero-order valence-corrected chi connectivity index (χ0v) is 11.1. The van der Waals surface area contributed by atoms with Crippen molar-refractivity contribution in [2.45, 2.75) is 13.3 Å². The van der Waals surface area contributed by atoms with Gasteiger partial charge >= 0.3 is 0 Å². The standard InChI is InChI=1S/C12H16N4OS/c1-8-2-3-9(11(13)18)12(15-8)16-6-4-10(17)14-5-7-16/h2-3H,4-7H2,1H3,(H2,13,18)(H,14,17). The maximum Gasteiger partial charge on any atom is 0.221 e. The molecule has 0 saturated carbocycles. The molecule has 0 aliphatic carbocycles. The molecule has 0 unspecified atom stereocenters. The number of anilines is 1. The van der Waals surface area contributed by atoms with Crippen molar-refractivity contribution in [3.05, 3.63) is 23.4 Å². The number of hydrogen-bond acceptors (Lipinski definition) is 4. The van der Waals surface area contributed by atoms with Crippen LogP contribution in [0.5, 0.6) is 0 Å². The van der Waals surface area contributed by atoms with Crippen LogP contribution >= 0.6 is 12.2 Å². The van der Waals surface area contributed by atoms with Gasteiger partial charge in [0.1, 0.15) is 10.8 Å². The second-order valence-electron chi connectivity index (χ2n) is 4.28. The Balaban J connectivity index is 2.33. The highest BCUT2D eigenvalue weighted by Crippen LogP contribution is 2.19. The molecule has 1 fully saturated rings. The van der Waals surface area contributed by atoms with Gasteiger partial charge in [0.05, 0.1) is 5.56 Å². The molecule has 2 heterocycles. The van der Waals surface area contributed by atoms with E-state index in [0.717, 1.165) is 23.6 Å². The van der Waals surface area contributed by atoms with Crippen molar-refractivity contribution in [2.75, 3.05) is 24.5 Å². The van der Waals surface area contributed by atoms with Gasteiger partial charge < -0.3 is 16.0 Å². The van der Waals surface area contributed by atoms with Gasteiger partial charge in [-0.3, -0.25) is 4.79 Å². The van der Waals surface area contributed by atoms with Crippen molar-refractivity contribution in [2.24, 2.45) is 5.73 Å². The van der Waals surface area contributed by atoms with Crippen molar-refractivity contribution in [1.29, 1.82) is 0 Å². The number of nitrogens with zero attached hydrogens (tertiary/aromatic N) is 2. The summed E-state index contributed by atoms with van der Waals surface area (Å²) in [4.78, 5) is 18.2. The summed E-state index contributed by atoms with van der Waals surface area (Å²) < 4.78 is 0. The first kappa shape index (κ1) is 12.8. The second kappa shape index (κ2) is 5.30. The minimum atomic E-state index is 0.0713. The van der Waals surface area contributed by atoms with Gasteiger partial charge in [-0.25, -0.2) is 4.98 Å². The number of nitrogens with one attached hydrogen (secondary N) is 1. The summed E-state index contributed by atoms with van der Waals surface area (Å²) >= 11 is 5.05. The molecule has 0 radical (unpaired) electrons. The van der Waals surface area contributed by atoms with Gasteiger partial charge in [-0.05, 0) is 19.1 Å². The molecule has 5 nitrogen and oxygen atoms in total. The monoisotopic (exact) mass is 264 g/mol. The molecule has 0 aromatic carbocycles. The van der Waals surface area contributed by atoms with Gasteiger partial charge in [0.15, 0.2) is 0 Å². The highest BCUT2D eigenvalue weighted by atomic mass is 32.1. The van der Waals surface area contributed by atoms with Crippen LogP contribution in [0.1, 0.15) is 17.7 Å². The third-order valence-corrected chi connectivity index (χ3v) is 3.11. The maximum absolute atomic E-state index is 11.3. The molecule has 1 aliphatic heterocycles. The van der Waals surface area contributed by atoms with E-state index in [0.29, 0.717) is 24.5 Å². The van der Waals surface area contributed by atoms with E-state index in [2.05, 4.69) is 15.2 Å². The van der Waals surface area contributed by atoms with E-state index in [-0.39, 0.29) is 5.91 Å². The van der Waals surface area contributed by atoms with Crippen LogP contribution in [-0.4, -0.2) is 35.5 Å². The van der Waals surface area contributed by atoms with Crippen LogP contribution in [0.4, 0.5) is 5.82 Å². The van der Waals surface area contributed by atoms with Gasteiger partial charge in [0.2, 0.25) is 5.91 Å². The van der Waals surface area contributed by atoms with E-state index < -0.39 is 0 Å². The van der Waals surface area contributed by atoms with Gasteiger partial charge in [-0.15, -0.1) is 0 Å². The van der Waals surface area contributed by atoms with E-state index in [4.69, 9.17) is 18.0 Å². The largest absolute Gasteiger partial charge is 0.389 e. The fraction of sp³-hybridized carbons (Fsp3) is 0.417. The van der Waals surface area contributed by atoms with Gasteiger partial charge in [-0.2, -0.15) is 0 Å². The van der Waals surface area contributed by atoms with E-state index in [1.54, 1.807) is 0 Å². The Bertz CT molecular complexity index is 489. The molecule has 0 spiro atoms. The molecular formula is C12H16N4OS. The molecule has 1 aliphatic rings. The predicted molar refractivity (Wildman–Crippen MR) is 74.7 cm³/mol. The minimum absolute atomic E-state index is 0.0713. The smallest absolute Gasteiger partial charge is 0.221 e. The molecule has 3 N–H and O–H groups in total. The number of aryl methyl sites for hydroxylation is 1. The average Bonchev–Trinajstić information content (AvgIpc) is 2.53. The number of amides is 1. The SMILES string of the molecule is Cc1ccc(C(N)=S)c(N2CCNC(=O)CC2)n1. The summed E-state index contributed by atoms with van der Waals surface area (Å²) in [5.41, 5.74) is 7.40. The number of pyridine rings is 1. The summed E-state index contributed by atoms with van der Waals surface area (Å²) in [6.45, 7) is 3.90. The molecule has 1 aromatic heterocycles. The van der Waals surface area contributed by atoms with E-state index in [1.807, 2.05) is 19.1 Å². The van der Waals surface area contributed by atoms with Crippen molar-refractivity contribution in [3.8, 4) is 0 Å². The maximum atomic E-state index is 11.3. The summed E-state index contributed by atoms with van der Waals surface area (Å²) in [7, 11) is 0. The molecule has 1 saturated heterocycles. The fourth-order valence-electron chi connectivity index (χ4n) is 1.96. The Morgan fingerprint density at radius 2 is 2.28 bits per heavy atom. The van der Waals surface area contributed by atoms with Gasteiger partial charge in [0.25, 0.3) is 0 Å². The highest BCUT2D eigenvalue weighted by molar-refractivity contribution is 7.80. The zero-order chi connectivity index (χ0) is 13.1. The number of rotatable bonds is 2. The van der Waals surface area contributed by atoms with Crippen LogP contribution in [0.25, 0.3) is 0 Å². The Morgan fingerprint density at radius 3 is 3.00 bits per heavy atom. The molecule has 6 heteroatoms. The first-order valence-electron chi connectivity index (χ1n) is 5.87. The Labute approximate surface area is 111 Å². The van der Waals surface area contributed by atoms with Crippen LogP contribution in [-0.2, 0) is 4.79 Å². The number of aromatic nitrogens is 1. The minimum Gasteiger partial charge on any atom is -0.389 e. The number of carbonyl (C=O) groups excluding carboxylic acids is 1. The molecule has 96 valence electrons. The average molecular weight is 264 g/mol. The Morgan fingerprint density at radius 1 is 1.50 bits per heavy atom. The molecule has 18 heavy (non-hydrogen) atoms. The summed E-state index contributed by atoms with van der Waals surface area (Å²) in [5, 5.41) is 2.84. The van der Waals surface area contributed by atoms with E-state index >= 15 is 0 Å². The van der Waals surface area contributed by atoms with Crippen LogP contribution in [0.3, 0.4) is 0 Å². The summed E-state index contributed by atoms with van der Waals surface area (Å²) in [6, 6.07) is 3.78. The lowest BCUT2D eigenvalue weighted by atomic mass is 10.2. The second-order valence-corrected chi connectivity index (χ2v) is 4.71. The quantitative estimate of drug-likeness (QED) is 0.754. The number of nitrogens with two attached hydrogens (primary N) is 1. The van der Waals surface area contributed by atoms with Crippen LogP contribution in [0, 0.1) is 6.92 Å². The zero-order valence-electron chi connectivity index (χ0n) is 10.3. The van der Waals surface area contributed by atoms with Gasteiger partial charge in [-0.1, -0.05) is 12.2 Å². The van der Waals surface area contributed by atoms with E-state index in [1.165, 1.54) is 0 Å². The first-order chi connectivity index (χ1) is 8.58. The third kappa shape index (κ3) is 2.76. The first-order valence-corrected chi connectivity index (χ1v) is 6.28. The van der Waals surface area contributed by atoms with Crippen molar-refractivity contribution in [3.63, 3.8) is 0 Å². The van der Waals surface area contributed by atoms with Crippen molar-refractivity contribution < 1.29 is 4.79 Å². The lowest BCUT2D eigenvalue weighted by Crippen LogP contribution is -2.31. The number of hydrogen-bond donors (Lipinski definition) is 2. The topological polar surface area (TPSA) is 71.2 Å². The normalized spacial score (nSPS) is 16.1. The van der Waals surface area contributed by atoms with Crippen LogP contribution in [0.2, 0.25) is 0 Å². The van der Waals surface area contributed by atoms with Crippen LogP contribution in [0.15, 0.2) is 12.1 Å². The predicted octanol–water partition coefficient (Wildman–Crippen LogP) is 0.351. The summed E-state index contributed by atoms with van der Waals surface area (Å²) in [6.07, 6.45) is 0.465. The highest BCUT2D eigenvalue weighted by Gasteiger charge is 2.18. The van der Waals surface area contributed by atoms with Gasteiger partial charge in [0, 0.05) is 31.7 Å². The molecule has 0 atom stereocenters. The molecule has 1 amide bonds. The Hall–Kier alpha value is -1.69. The third-order valence-electron chi connectivity index (χ3n) is 2.89. The number of carbonyl (C=O) groups is 1. The lowest BCUT2D eigenvalue weighted by Gasteiger charge is -2.23. The molecule has 1 aromatic rings. The Kier molecular flexibility index (Phi) is 3.76. The molecule has 2 rings (SSSR count). The van der Waals surface area contributed by atoms with Crippen LogP contribution < -0.4 is 16.0 Å². The van der Waals surface area contributed by atoms with E-state index in [9.17, 15) is 4.79 Å². The van der Waals surface area contributed by atoms with Crippen molar-refractivity contribution >= 4 is 28.9 Å². The lowest BCUT2D eigenvalue weighted by molar-refractivity contribution is -0.120. The number of thiocarbonyl (C=S) groups is 1.